The number of carbonyl (C=O) groups is 2. The molecule has 0 aromatic rings. The fourth-order valence-electron chi connectivity index (χ4n) is 2.24. The van der Waals surface area contributed by atoms with Gasteiger partial charge in [0.05, 0.1) is 11.3 Å². The first-order valence-corrected chi connectivity index (χ1v) is 6.99. The SMILES string of the molecule is CCCCC1OC(=O)C(C)CC(C)(C)C(=O)OC1(O)O. The van der Waals surface area contributed by atoms with E-state index in [9.17, 15) is 19.8 Å². The maximum absolute atomic E-state index is 12.0. The molecule has 0 aromatic heterocycles. The molecule has 6 nitrogen and oxygen atoms in total. The highest BCUT2D eigenvalue weighted by molar-refractivity contribution is 5.79. The summed E-state index contributed by atoms with van der Waals surface area (Å²) in [4.78, 5) is 24.0. The highest BCUT2D eigenvalue weighted by Gasteiger charge is 2.47. The van der Waals surface area contributed by atoms with Crippen molar-refractivity contribution in [1.82, 2.24) is 0 Å². The van der Waals surface area contributed by atoms with Crippen LogP contribution in [0.2, 0.25) is 0 Å². The zero-order chi connectivity index (χ0) is 15.6. The van der Waals surface area contributed by atoms with Crippen molar-refractivity contribution in [3.63, 3.8) is 0 Å². The van der Waals surface area contributed by atoms with E-state index in [4.69, 9.17) is 9.47 Å². The van der Waals surface area contributed by atoms with Gasteiger partial charge < -0.3 is 19.7 Å². The molecule has 1 aliphatic rings. The Labute approximate surface area is 119 Å². The predicted molar refractivity (Wildman–Crippen MR) is 70.2 cm³/mol. The van der Waals surface area contributed by atoms with Crippen LogP contribution in [-0.4, -0.2) is 34.2 Å². The Morgan fingerprint density at radius 2 is 1.90 bits per heavy atom. The number of esters is 2. The minimum absolute atomic E-state index is 0.218. The molecule has 1 aliphatic heterocycles. The standard InChI is InChI=1S/C14H24O6/c1-5-6-7-10-14(17,18)20-12(16)13(3,4)8-9(2)11(15)19-10/h9-10,17-18H,5-8H2,1-4H3. The van der Waals surface area contributed by atoms with E-state index in [2.05, 4.69) is 0 Å². The van der Waals surface area contributed by atoms with E-state index in [1.807, 2.05) is 6.92 Å². The highest BCUT2D eigenvalue weighted by Crippen LogP contribution is 2.33. The quantitative estimate of drug-likeness (QED) is 0.601. The van der Waals surface area contributed by atoms with Gasteiger partial charge in [-0.1, -0.05) is 20.3 Å². The average molecular weight is 288 g/mol. The van der Waals surface area contributed by atoms with Gasteiger partial charge in [-0.2, -0.15) is 0 Å². The van der Waals surface area contributed by atoms with Crippen LogP contribution in [0.1, 0.15) is 53.4 Å². The first kappa shape index (κ1) is 16.9. The van der Waals surface area contributed by atoms with Crippen molar-refractivity contribution in [2.45, 2.75) is 65.5 Å². The van der Waals surface area contributed by atoms with E-state index < -0.39 is 35.3 Å². The summed E-state index contributed by atoms with van der Waals surface area (Å²) in [7, 11) is 0. The second kappa shape index (κ2) is 6.10. The lowest BCUT2D eigenvalue weighted by Crippen LogP contribution is -2.49. The van der Waals surface area contributed by atoms with Crippen molar-refractivity contribution in [3.05, 3.63) is 0 Å². The summed E-state index contributed by atoms with van der Waals surface area (Å²) in [6.07, 6.45) is 0.585. The van der Waals surface area contributed by atoms with Gasteiger partial charge in [0, 0.05) is 0 Å². The van der Waals surface area contributed by atoms with E-state index in [1.54, 1.807) is 20.8 Å². The Kier molecular flexibility index (Phi) is 5.15. The fraction of sp³-hybridized carbons (Fsp3) is 0.857. The molecule has 0 saturated carbocycles. The first-order valence-electron chi connectivity index (χ1n) is 6.99. The van der Waals surface area contributed by atoms with Gasteiger partial charge in [0.15, 0.2) is 6.10 Å². The van der Waals surface area contributed by atoms with E-state index in [-0.39, 0.29) is 12.8 Å². The number of carbonyl (C=O) groups excluding carboxylic acids is 2. The van der Waals surface area contributed by atoms with Gasteiger partial charge in [-0.15, -0.1) is 0 Å². The largest absolute Gasteiger partial charge is 0.452 e. The Balaban J connectivity index is 3.05. The lowest BCUT2D eigenvalue weighted by Gasteiger charge is -2.30. The number of rotatable bonds is 3. The molecule has 0 spiro atoms. The van der Waals surface area contributed by atoms with Crippen LogP contribution in [0.5, 0.6) is 0 Å². The molecular formula is C14H24O6. The highest BCUT2D eigenvalue weighted by atomic mass is 16.8. The molecule has 0 radical (unpaired) electrons. The molecule has 0 aromatic carbocycles. The molecule has 116 valence electrons. The molecule has 0 aliphatic carbocycles. The Morgan fingerprint density at radius 1 is 1.30 bits per heavy atom. The normalized spacial score (nSPS) is 29.7. The topological polar surface area (TPSA) is 93.1 Å². The molecular weight excluding hydrogens is 264 g/mol. The molecule has 0 bridgehead atoms. The van der Waals surface area contributed by atoms with Crippen LogP contribution in [0.3, 0.4) is 0 Å². The van der Waals surface area contributed by atoms with Crippen LogP contribution in [0.25, 0.3) is 0 Å². The molecule has 2 unspecified atom stereocenters. The summed E-state index contributed by atoms with van der Waals surface area (Å²) in [6, 6.07) is 0. The third kappa shape index (κ3) is 3.93. The van der Waals surface area contributed by atoms with Crippen LogP contribution >= 0.6 is 0 Å². The lowest BCUT2D eigenvalue weighted by atomic mass is 9.83. The maximum Gasteiger partial charge on any atom is 0.363 e. The van der Waals surface area contributed by atoms with Gasteiger partial charge in [0.1, 0.15) is 0 Å². The van der Waals surface area contributed by atoms with Crippen molar-refractivity contribution in [2.75, 3.05) is 0 Å². The van der Waals surface area contributed by atoms with Gasteiger partial charge >= 0.3 is 17.9 Å². The molecule has 1 heterocycles. The molecule has 1 saturated heterocycles. The molecule has 2 atom stereocenters. The monoisotopic (exact) mass is 288 g/mol. The maximum atomic E-state index is 12.0. The van der Waals surface area contributed by atoms with Gasteiger partial charge in [-0.05, 0) is 33.1 Å². The Hall–Kier alpha value is -1.14. The fourth-order valence-corrected chi connectivity index (χ4v) is 2.24. The third-order valence-electron chi connectivity index (χ3n) is 3.51. The number of hydrogen-bond donors (Lipinski definition) is 2. The number of cyclic esters (lactones) is 2. The predicted octanol–water partition coefficient (Wildman–Crippen LogP) is 1.34. The second-order valence-electron chi connectivity index (χ2n) is 6.10. The smallest absolute Gasteiger partial charge is 0.363 e. The number of hydrogen-bond acceptors (Lipinski definition) is 6. The van der Waals surface area contributed by atoms with Gasteiger partial charge in [0.25, 0.3) is 0 Å². The van der Waals surface area contributed by atoms with Crippen LogP contribution < -0.4 is 0 Å². The van der Waals surface area contributed by atoms with Crippen molar-refractivity contribution in [3.8, 4) is 0 Å². The summed E-state index contributed by atoms with van der Waals surface area (Å²) in [5.74, 6) is -4.61. The minimum atomic E-state index is -2.79. The van der Waals surface area contributed by atoms with Crippen molar-refractivity contribution >= 4 is 11.9 Å². The molecule has 20 heavy (non-hydrogen) atoms. The van der Waals surface area contributed by atoms with Crippen LogP contribution in [0, 0.1) is 11.3 Å². The van der Waals surface area contributed by atoms with E-state index in [1.165, 1.54) is 0 Å². The first-order chi connectivity index (χ1) is 9.10. The van der Waals surface area contributed by atoms with Crippen molar-refractivity contribution < 1.29 is 29.3 Å². The zero-order valence-corrected chi connectivity index (χ0v) is 12.5. The van der Waals surface area contributed by atoms with Crippen LogP contribution in [0.4, 0.5) is 0 Å². The molecule has 6 heteroatoms. The zero-order valence-electron chi connectivity index (χ0n) is 12.5. The Bertz CT molecular complexity index is 374. The number of aliphatic hydroxyl groups is 2. The van der Waals surface area contributed by atoms with Crippen molar-refractivity contribution in [2.24, 2.45) is 11.3 Å². The molecule has 1 rings (SSSR count). The van der Waals surface area contributed by atoms with Gasteiger partial charge in [-0.3, -0.25) is 9.59 Å². The number of ether oxygens (including phenoxy) is 2. The molecule has 0 amide bonds. The van der Waals surface area contributed by atoms with E-state index >= 15 is 0 Å². The average Bonchev–Trinajstić information content (AvgIpc) is 2.33. The van der Waals surface area contributed by atoms with Crippen LogP contribution in [-0.2, 0) is 19.1 Å². The summed E-state index contributed by atoms with van der Waals surface area (Å²) in [5.41, 5.74) is -0.991. The summed E-state index contributed by atoms with van der Waals surface area (Å²) in [5, 5.41) is 19.9. The van der Waals surface area contributed by atoms with Gasteiger partial charge in [-0.25, -0.2) is 0 Å². The summed E-state index contributed by atoms with van der Waals surface area (Å²) >= 11 is 0. The third-order valence-corrected chi connectivity index (χ3v) is 3.51. The second-order valence-corrected chi connectivity index (χ2v) is 6.10. The van der Waals surface area contributed by atoms with Crippen molar-refractivity contribution in [1.29, 1.82) is 0 Å². The lowest BCUT2D eigenvalue weighted by molar-refractivity contribution is -0.361. The van der Waals surface area contributed by atoms with Crippen LogP contribution in [0.15, 0.2) is 0 Å². The summed E-state index contributed by atoms with van der Waals surface area (Å²) < 4.78 is 9.90. The number of unbranched alkanes of at least 4 members (excludes halogenated alkanes) is 1. The summed E-state index contributed by atoms with van der Waals surface area (Å²) in [6.45, 7) is 6.77. The van der Waals surface area contributed by atoms with Gasteiger partial charge in [0.2, 0.25) is 0 Å². The Morgan fingerprint density at radius 3 is 2.45 bits per heavy atom. The molecule has 2 N–H and O–H groups in total. The minimum Gasteiger partial charge on any atom is -0.452 e. The van der Waals surface area contributed by atoms with E-state index in [0.29, 0.717) is 6.42 Å². The molecule has 1 fully saturated rings. The van der Waals surface area contributed by atoms with E-state index in [0.717, 1.165) is 6.42 Å².